The second-order valence-electron chi connectivity index (χ2n) is 4.51. The Morgan fingerprint density at radius 3 is 2.65 bits per heavy atom. The molecule has 0 saturated heterocycles. The number of benzene rings is 2. The first-order valence-electron chi connectivity index (χ1n) is 6.44. The van der Waals surface area contributed by atoms with Gasteiger partial charge in [-0.3, -0.25) is 0 Å². The minimum Gasteiger partial charge on any atom is -0.370 e. The van der Waals surface area contributed by atoms with E-state index in [-0.39, 0.29) is 0 Å². The topological polar surface area (TPSA) is 50.4 Å². The van der Waals surface area contributed by atoms with Gasteiger partial charge in [0, 0.05) is 10.6 Å². The lowest BCUT2D eigenvalue weighted by atomic mass is 10.1. The lowest BCUT2D eigenvalue weighted by Crippen LogP contribution is -2.22. The van der Waals surface area contributed by atoms with Gasteiger partial charge in [0.2, 0.25) is 0 Å². The van der Waals surface area contributed by atoms with Crippen molar-refractivity contribution in [3.8, 4) is 0 Å². The van der Waals surface area contributed by atoms with Gasteiger partial charge in [0.05, 0.1) is 6.54 Å². The van der Waals surface area contributed by atoms with Gasteiger partial charge in [-0.1, -0.05) is 30.3 Å². The highest BCUT2D eigenvalue weighted by Crippen LogP contribution is 2.22. The summed E-state index contributed by atoms with van der Waals surface area (Å²) in [5.74, 6) is 0.434. The highest BCUT2D eigenvalue weighted by Gasteiger charge is 2.01. The minimum atomic E-state index is 0.434. The molecule has 0 amide bonds. The van der Waals surface area contributed by atoms with Gasteiger partial charge in [-0.05, 0) is 42.5 Å². The van der Waals surface area contributed by atoms with Crippen LogP contribution in [0.5, 0.6) is 0 Å². The van der Waals surface area contributed by atoms with Gasteiger partial charge < -0.3 is 11.1 Å². The molecular weight excluding hydrogens is 266 g/mol. The monoisotopic (exact) mass is 285 g/mol. The van der Waals surface area contributed by atoms with E-state index >= 15 is 0 Å². The van der Waals surface area contributed by atoms with E-state index in [2.05, 4.69) is 41.7 Å². The van der Waals surface area contributed by atoms with Gasteiger partial charge in [-0.25, -0.2) is 4.99 Å². The fourth-order valence-corrected chi connectivity index (χ4v) is 2.56. The van der Waals surface area contributed by atoms with Gasteiger partial charge in [-0.2, -0.15) is 0 Å². The number of anilines is 1. The highest BCUT2D eigenvalue weighted by molar-refractivity contribution is 7.98. The molecule has 0 aliphatic rings. The number of nitrogens with zero attached hydrogens (tertiary/aromatic N) is 1. The van der Waals surface area contributed by atoms with Crippen LogP contribution in [0.1, 0.15) is 11.1 Å². The highest BCUT2D eigenvalue weighted by atomic mass is 32.2. The summed E-state index contributed by atoms with van der Waals surface area (Å²) < 4.78 is 0. The van der Waals surface area contributed by atoms with E-state index in [1.807, 2.05) is 30.3 Å². The largest absolute Gasteiger partial charge is 0.370 e. The van der Waals surface area contributed by atoms with Crippen LogP contribution >= 0.6 is 11.8 Å². The number of nitrogens with two attached hydrogens (primary N) is 1. The lowest BCUT2D eigenvalue weighted by molar-refractivity contribution is 1.02. The van der Waals surface area contributed by atoms with Crippen molar-refractivity contribution in [3.63, 3.8) is 0 Å². The molecule has 4 heteroatoms. The first-order valence-corrected chi connectivity index (χ1v) is 7.67. The van der Waals surface area contributed by atoms with Crippen molar-refractivity contribution in [1.82, 2.24) is 0 Å². The quantitative estimate of drug-likeness (QED) is 0.512. The number of hydrogen-bond donors (Lipinski definition) is 2. The molecular formula is C16H19N3S. The lowest BCUT2D eigenvalue weighted by Gasteiger charge is -2.08. The molecule has 2 aromatic carbocycles. The fraction of sp³-hybridized carbons (Fsp3) is 0.188. The number of thioether (sulfide) groups is 1. The zero-order chi connectivity index (χ0) is 14.4. The van der Waals surface area contributed by atoms with Crippen molar-refractivity contribution < 1.29 is 0 Å². The van der Waals surface area contributed by atoms with Crippen LogP contribution in [0.4, 0.5) is 5.69 Å². The summed E-state index contributed by atoms with van der Waals surface area (Å²) in [6.07, 6.45) is 2.08. The average Bonchev–Trinajstić information content (AvgIpc) is 2.47. The molecule has 0 radical (unpaired) electrons. The zero-order valence-corrected chi connectivity index (χ0v) is 12.6. The molecule has 2 aromatic rings. The van der Waals surface area contributed by atoms with Crippen LogP contribution in [0.25, 0.3) is 0 Å². The molecule has 0 spiro atoms. The van der Waals surface area contributed by atoms with Gasteiger partial charge in [0.1, 0.15) is 0 Å². The summed E-state index contributed by atoms with van der Waals surface area (Å²) in [4.78, 5) is 5.65. The Morgan fingerprint density at radius 1 is 1.20 bits per heavy atom. The molecule has 0 aromatic heterocycles. The van der Waals surface area contributed by atoms with Crippen LogP contribution in [-0.4, -0.2) is 12.2 Å². The van der Waals surface area contributed by atoms with Crippen molar-refractivity contribution in [3.05, 3.63) is 59.7 Å². The van der Waals surface area contributed by atoms with Crippen molar-refractivity contribution >= 4 is 23.4 Å². The molecule has 0 heterocycles. The predicted molar refractivity (Wildman–Crippen MR) is 88.4 cm³/mol. The van der Waals surface area contributed by atoms with Crippen molar-refractivity contribution in [1.29, 1.82) is 0 Å². The van der Waals surface area contributed by atoms with E-state index in [0.717, 1.165) is 5.69 Å². The summed E-state index contributed by atoms with van der Waals surface area (Å²) in [5.41, 5.74) is 9.31. The van der Waals surface area contributed by atoms with Crippen LogP contribution in [0.15, 0.2) is 58.4 Å². The molecule has 0 aliphatic carbocycles. The van der Waals surface area contributed by atoms with E-state index in [1.165, 1.54) is 16.0 Å². The molecule has 0 bridgehead atoms. The van der Waals surface area contributed by atoms with Crippen LogP contribution in [0.3, 0.4) is 0 Å². The smallest absolute Gasteiger partial charge is 0.193 e. The average molecular weight is 285 g/mol. The first kappa shape index (κ1) is 14.5. The standard InChI is InChI=1S/C16H19N3S/c1-12-8-9-13(15(10-12)20-2)11-18-16(17)19-14-6-4-3-5-7-14/h3-10H,11H2,1-2H3,(H3,17,18,19). The number of hydrogen-bond acceptors (Lipinski definition) is 2. The van der Waals surface area contributed by atoms with Crippen molar-refractivity contribution in [2.75, 3.05) is 11.6 Å². The van der Waals surface area contributed by atoms with Crippen molar-refractivity contribution in [2.24, 2.45) is 10.7 Å². The molecule has 0 unspecified atom stereocenters. The van der Waals surface area contributed by atoms with E-state index in [0.29, 0.717) is 12.5 Å². The molecule has 104 valence electrons. The Labute approximate surface area is 124 Å². The maximum Gasteiger partial charge on any atom is 0.193 e. The number of guanidine groups is 1. The number of aryl methyl sites for hydroxylation is 1. The number of nitrogens with one attached hydrogen (secondary N) is 1. The van der Waals surface area contributed by atoms with Gasteiger partial charge in [0.25, 0.3) is 0 Å². The summed E-state index contributed by atoms with van der Waals surface area (Å²) in [6.45, 7) is 2.68. The zero-order valence-electron chi connectivity index (χ0n) is 11.8. The second-order valence-corrected chi connectivity index (χ2v) is 5.36. The van der Waals surface area contributed by atoms with E-state index in [9.17, 15) is 0 Å². The Hall–Kier alpha value is -1.94. The van der Waals surface area contributed by atoms with Crippen LogP contribution in [-0.2, 0) is 6.54 Å². The number of rotatable bonds is 4. The molecule has 20 heavy (non-hydrogen) atoms. The third-order valence-electron chi connectivity index (χ3n) is 2.91. The molecule has 3 nitrogen and oxygen atoms in total. The maximum atomic E-state index is 5.91. The molecule has 0 atom stereocenters. The molecule has 3 N–H and O–H groups in total. The van der Waals surface area contributed by atoms with Gasteiger partial charge in [0.15, 0.2) is 5.96 Å². The third kappa shape index (κ3) is 4.03. The Bertz CT molecular complexity index is 594. The van der Waals surface area contributed by atoms with E-state index in [1.54, 1.807) is 11.8 Å². The van der Waals surface area contributed by atoms with Gasteiger partial charge in [-0.15, -0.1) is 11.8 Å². The van der Waals surface area contributed by atoms with E-state index < -0.39 is 0 Å². The van der Waals surface area contributed by atoms with Crippen LogP contribution in [0.2, 0.25) is 0 Å². The summed E-state index contributed by atoms with van der Waals surface area (Å²) in [5, 5.41) is 3.08. The summed E-state index contributed by atoms with van der Waals surface area (Å²) >= 11 is 1.73. The molecule has 0 fully saturated rings. The molecule has 2 rings (SSSR count). The third-order valence-corrected chi connectivity index (χ3v) is 3.73. The Morgan fingerprint density at radius 2 is 1.95 bits per heavy atom. The molecule has 0 aliphatic heterocycles. The SMILES string of the molecule is CSc1cc(C)ccc1CN=C(N)Nc1ccccc1. The Kier molecular flexibility index (Phi) is 5.07. The first-order chi connectivity index (χ1) is 9.69. The number of aliphatic imine (C=N–C) groups is 1. The second kappa shape index (κ2) is 7.01. The minimum absolute atomic E-state index is 0.434. The van der Waals surface area contributed by atoms with Gasteiger partial charge >= 0.3 is 0 Å². The molecule has 0 saturated carbocycles. The fourth-order valence-electron chi connectivity index (χ4n) is 1.86. The normalized spacial score (nSPS) is 11.4. The Balaban J connectivity index is 2.05. The summed E-state index contributed by atoms with van der Waals surface area (Å²) in [7, 11) is 0. The maximum absolute atomic E-state index is 5.91. The van der Waals surface area contributed by atoms with Crippen molar-refractivity contribution in [2.45, 2.75) is 18.4 Å². The van der Waals surface area contributed by atoms with E-state index in [4.69, 9.17) is 5.73 Å². The van der Waals surface area contributed by atoms with Crippen LogP contribution < -0.4 is 11.1 Å². The van der Waals surface area contributed by atoms with Crippen LogP contribution in [0, 0.1) is 6.92 Å². The summed E-state index contributed by atoms with van der Waals surface area (Å²) in [6, 6.07) is 16.2. The predicted octanol–water partition coefficient (Wildman–Crippen LogP) is 3.64. The number of para-hydroxylation sites is 1.